The third-order valence-electron chi connectivity index (χ3n) is 5.68. The predicted molar refractivity (Wildman–Crippen MR) is 138 cm³/mol. The van der Waals surface area contributed by atoms with Crippen molar-refractivity contribution in [2.75, 3.05) is 5.75 Å². The first-order valence-electron chi connectivity index (χ1n) is 11.1. The van der Waals surface area contributed by atoms with Crippen LogP contribution in [0.1, 0.15) is 33.6 Å². The molecule has 8 heteroatoms. The number of tetrazole rings is 1. The van der Waals surface area contributed by atoms with E-state index in [1.807, 2.05) is 30.3 Å². The van der Waals surface area contributed by atoms with Crippen LogP contribution in [0.4, 0.5) is 0 Å². The average Bonchev–Trinajstić information content (AvgIpc) is 3.08. The molecule has 0 aliphatic heterocycles. The van der Waals surface area contributed by atoms with Crippen molar-refractivity contribution in [2.45, 2.75) is 88.7 Å². The van der Waals surface area contributed by atoms with Gasteiger partial charge in [0.1, 0.15) is 0 Å². The second-order valence-corrected chi connectivity index (χ2v) is 22.3. The molecule has 2 rings (SSSR count). The van der Waals surface area contributed by atoms with Crippen molar-refractivity contribution in [1.82, 2.24) is 20.2 Å². The molecular formula is C23H40N4OSSi2. The van der Waals surface area contributed by atoms with Crippen molar-refractivity contribution in [2.24, 2.45) is 0 Å². The van der Waals surface area contributed by atoms with Crippen LogP contribution in [0.5, 0.6) is 0 Å². The molecule has 1 atom stereocenters. The molecule has 172 valence electrons. The second-order valence-electron chi connectivity index (χ2n) is 11.0. The number of benzene rings is 1. The summed E-state index contributed by atoms with van der Waals surface area (Å²) in [4.78, 5) is 0. The van der Waals surface area contributed by atoms with E-state index in [-0.39, 0.29) is 11.1 Å². The predicted octanol–water partition coefficient (Wildman–Crippen LogP) is 6.82. The van der Waals surface area contributed by atoms with Gasteiger partial charge in [0.25, 0.3) is 0 Å². The standard InChI is InChI=1S/C23H40N4OSSi2/c1-19(18-30(5,6)7)17-21(28-31(8,9)23(2,3)4)15-16-29-22-24-25-26-27(22)20-13-11-10-12-14-20/h10-14,21H,1,15-18H2,2-9H3/t21-/m0/s1. The average molecular weight is 477 g/mol. The number of nitrogens with zero attached hydrogens (tertiary/aromatic N) is 4. The Hall–Kier alpha value is -1.23. The molecule has 2 aromatic rings. The molecule has 0 spiro atoms. The largest absolute Gasteiger partial charge is 0.414 e. The molecule has 0 saturated carbocycles. The van der Waals surface area contributed by atoms with Gasteiger partial charge >= 0.3 is 0 Å². The SMILES string of the molecule is C=C(C[C@H](CCSc1nnnn1-c1ccccc1)O[Si](C)(C)C(C)(C)C)C[Si](C)(C)C. The summed E-state index contributed by atoms with van der Waals surface area (Å²) in [6, 6.07) is 11.2. The molecule has 0 saturated heterocycles. The fourth-order valence-electron chi connectivity index (χ4n) is 3.22. The van der Waals surface area contributed by atoms with E-state index >= 15 is 0 Å². The van der Waals surface area contributed by atoms with Crippen molar-refractivity contribution in [3.8, 4) is 5.69 Å². The van der Waals surface area contributed by atoms with Crippen LogP contribution in [-0.4, -0.2) is 48.5 Å². The summed E-state index contributed by atoms with van der Waals surface area (Å²) in [5, 5.41) is 13.3. The first kappa shape index (κ1) is 26.0. The third-order valence-corrected chi connectivity index (χ3v) is 12.7. The molecule has 0 fully saturated rings. The molecular weight excluding hydrogens is 437 g/mol. The van der Waals surface area contributed by atoms with Gasteiger partial charge in [-0.15, -0.1) is 11.7 Å². The minimum Gasteiger partial charge on any atom is -0.414 e. The van der Waals surface area contributed by atoms with Gasteiger partial charge in [-0.1, -0.05) is 75.9 Å². The lowest BCUT2D eigenvalue weighted by atomic mass is 10.1. The zero-order valence-electron chi connectivity index (χ0n) is 20.6. The highest BCUT2D eigenvalue weighted by molar-refractivity contribution is 7.99. The zero-order valence-corrected chi connectivity index (χ0v) is 23.4. The van der Waals surface area contributed by atoms with Crippen LogP contribution in [-0.2, 0) is 4.43 Å². The Bertz CT molecular complexity index is 841. The van der Waals surface area contributed by atoms with E-state index in [9.17, 15) is 0 Å². The van der Waals surface area contributed by atoms with E-state index in [1.165, 1.54) is 5.57 Å². The lowest BCUT2D eigenvalue weighted by Gasteiger charge is -2.39. The molecule has 0 N–H and O–H groups in total. The molecule has 0 amide bonds. The van der Waals surface area contributed by atoms with Gasteiger partial charge in [-0.2, -0.15) is 4.68 Å². The van der Waals surface area contributed by atoms with Crippen LogP contribution in [0.2, 0.25) is 43.8 Å². The number of hydrogen-bond donors (Lipinski definition) is 0. The van der Waals surface area contributed by atoms with Crippen molar-refractivity contribution in [3.05, 3.63) is 42.5 Å². The highest BCUT2D eigenvalue weighted by Crippen LogP contribution is 2.39. The zero-order chi connectivity index (χ0) is 23.3. The van der Waals surface area contributed by atoms with Gasteiger partial charge in [0.2, 0.25) is 5.16 Å². The first-order valence-corrected chi connectivity index (χ1v) is 18.7. The Morgan fingerprint density at radius 3 is 2.35 bits per heavy atom. The monoisotopic (exact) mass is 476 g/mol. The maximum Gasteiger partial charge on any atom is 0.214 e. The maximum absolute atomic E-state index is 6.84. The Morgan fingerprint density at radius 1 is 1.13 bits per heavy atom. The van der Waals surface area contributed by atoms with E-state index in [2.05, 4.69) is 75.6 Å². The number of aromatic nitrogens is 4. The van der Waals surface area contributed by atoms with Gasteiger partial charge in [0, 0.05) is 19.9 Å². The highest BCUT2D eigenvalue weighted by Gasteiger charge is 2.39. The molecule has 1 heterocycles. The number of hydrogen-bond acceptors (Lipinski definition) is 5. The van der Waals surface area contributed by atoms with Crippen molar-refractivity contribution in [1.29, 1.82) is 0 Å². The fraction of sp³-hybridized carbons (Fsp3) is 0.609. The van der Waals surface area contributed by atoms with Crippen molar-refractivity contribution < 1.29 is 4.43 Å². The topological polar surface area (TPSA) is 52.8 Å². The summed E-state index contributed by atoms with van der Waals surface area (Å²) >= 11 is 1.69. The van der Waals surface area contributed by atoms with Gasteiger partial charge in [0.15, 0.2) is 8.32 Å². The van der Waals surface area contributed by atoms with E-state index in [1.54, 1.807) is 16.4 Å². The van der Waals surface area contributed by atoms with Gasteiger partial charge in [-0.25, -0.2) is 0 Å². The van der Waals surface area contributed by atoms with Gasteiger partial charge in [0.05, 0.1) is 5.69 Å². The molecule has 0 aliphatic rings. The fourth-order valence-corrected chi connectivity index (χ4v) is 7.18. The number of para-hydroxylation sites is 1. The van der Waals surface area contributed by atoms with Crippen LogP contribution in [0, 0.1) is 0 Å². The van der Waals surface area contributed by atoms with E-state index in [0.29, 0.717) is 0 Å². The molecule has 31 heavy (non-hydrogen) atoms. The van der Waals surface area contributed by atoms with Gasteiger partial charge in [-0.3, -0.25) is 0 Å². The minimum atomic E-state index is -1.86. The molecule has 0 bridgehead atoms. The summed E-state index contributed by atoms with van der Waals surface area (Å²) in [7, 11) is -3.04. The Balaban J connectivity index is 2.06. The van der Waals surface area contributed by atoms with E-state index in [0.717, 1.165) is 35.5 Å². The van der Waals surface area contributed by atoms with Crippen LogP contribution < -0.4 is 0 Å². The van der Waals surface area contributed by atoms with Crippen LogP contribution in [0.15, 0.2) is 47.6 Å². The molecule has 0 aliphatic carbocycles. The highest BCUT2D eigenvalue weighted by atomic mass is 32.2. The van der Waals surface area contributed by atoms with Crippen LogP contribution in [0.25, 0.3) is 5.69 Å². The lowest BCUT2D eigenvalue weighted by molar-refractivity contribution is 0.177. The number of rotatable bonds is 11. The summed E-state index contributed by atoms with van der Waals surface area (Å²) in [5.41, 5.74) is 2.31. The summed E-state index contributed by atoms with van der Waals surface area (Å²) < 4.78 is 8.65. The quantitative estimate of drug-likeness (QED) is 0.202. The maximum atomic E-state index is 6.84. The van der Waals surface area contributed by atoms with Crippen LogP contribution in [0.3, 0.4) is 0 Å². The Labute approximate surface area is 195 Å². The van der Waals surface area contributed by atoms with Crippen LogP contribution >= 0.6 is 11.8 Å². The summed E-state index contributed by atoms with van der Waals surface area (Å²) in [5.74, 6) is 0.909. The molecule has 1 aromatic heterocycles. The van der Waals surface area contributed by atoms with E-state index < -0.39 is 16.4 Å². The summed E-state index contributed by atoms with van der Waals surface area (Å²) in [6.07, 6.45) is 2.10. The summed E-state index contributed by atoms with van der Waals surface area (Å²) in [6.45, 7) is 23.2. The Kier molecular flexibility index (Phi) is 8.89. The second kappa shape index (κ2) is 10.6. The first-order chi connectivity index (χ1) is 14.3. The minimum absolute atomic E-state index is 0.190. The molecule has 0 radical (unpaired) electrons. The van der Waals surface area contributed by atoms with Gasteiger partial charge < -0.3 is 4.43 Å². The molecule has 5 nitrogen and oxygen atoms in total. The Morgan fingerprint density at radius 2 is 1.77 bits per heavy atom. The molecule has 0 unspecified atom stereocenters. The lowest BCUT2D eigenvalue weighted by Crippen LogP contribution is -2.44. The smallest absolute Gasteiger partial charge is 0.214 e. The van der Waals surface area contributed by atoms with Gasteiger partial charge in [-0.05, 0) is 59.6 Å². The normalized spacial score (nSPS) is 13.9. The molecule has 1 aromatic carbocycles. The number of thioether (sulfide) groups is 1. The van der Waals surface area contributed by atoms with Crippen molar-refractivity contribution in [3.63, 3.8) is 0 Å². The van der Waals surface area contributed by atoms with E-state index in [4.69, 9.17) is 4.43 Å². The van der Waals surface area contributed by atoms with Crippen molar-refractivity contribution >= 4 is 28.2 Å². The third kappa shape index (κ3) is 8.33.